The lowest BCUT2D eigenvalue weighted by molar-refractivity contribution is -0.384. The zero-order valence-electron chi connectivity index (χ0n) is 14.2. The second-order valence-corrected chi connectivity index (χ2v) is 6.40. The van der Waals surface area contributed by atoms with Gasteiger partial charge in [0.25, 0.3) is 11.6 Å². The van der Waals surface area contributed by atoms with Crippen molar-refractivity contribution in [3.05, 3.63) is 64.2 Å². The number of hydrogen-bond acceptors (Lipinski definition) is 7. The first kappa shape index (κ1) is 19.9. The van der Waals surface area contributed by atoms with Crippen molar-refractivity contribution in [2.24, 2.45) is 0 Å². The van der Waals surface area contributed by atoms with Gasteiger partial charge in [0.1, 0.15) is 0 Å². The lowest BCUT2D eigenvalue weighted by Crippen LogP contribution is -2.30. The highest BCUT2D eigenvalue weighted by atomic mass is 32.2. The van der Waals surface area contributed by atoms with Gasteiger partial charge in [-0.15, -0.1) is 11.8 Å². The van der Waals surface area contributed by atoms with E-state index in [0.29, 0.717) is 16.1 Å². The largest absolute Gasteiger partial charge is 0.452 e. The van der Waals surface area contributed by atoms with E-state index in [4.69, 9.17) is 10.00 Å². The summed E-state index contributed by atoms with van der Waals surface area (Å²) in [4.78, 5) is 34.7. The van der Waals surface area contributed by atoms with Gasteiger partial charge in [-0.25, -0.2) is 0 Å². The molecule has 0 radical (unpaired) electrons. The minimum absolute atomic E-state index is 0.0324. The second kappa shape index (κ2) is 9.35. The molecule has 1 N–H and O–H groups in total. The third-order valence-electron chi connectivity index (χ3n) is 3.36. The molecule has 0 unspecified atom stereocenters. The Morgan fingerprint density at radius 1 is 1.22 bits per heavy atom. The molecule has 0 aliphatic heterocycles. The number of nitrogens with one attached hydrogen (secondary N) is 1. The molecule has 0 aromatic heterocycles. The Bertz CT molecular complexity index is 875. The van der Waals surface area contributed by atoms with E-state index in [1.807, 2.05) is 6.07 Å². The Morgan fingerprint density at radius 2 is 1.85 bits per heavy atom. The molecule has 0 aliphatic rings. The van der Waals surface area contributed by atoms with Crippen molar-refractivity contribution in [1.82, 2.24) is 0 Å². The first-order valence-electron chi connectivity index (χ1n) is 7.77. The number of esters is 1. The van der Waals surface area contributed by atoms with Crippen molar-refractivity contribution in [2.45, 2.75) is 17.9 Å². The van der Waals surface area contributed by atoms with Gasteiger partial charge in [0.2, 0.25) is 0 Å². The fraction of sp³-hybridized carbons (Fsp3) is 0.167. The monoisotopic (exact) mass is 385 g/mol. The Labute approximate surface area is 159 Å². The lowest BCUT2D eigenvalue weighted by Gasteiger charge is -2.13. The SMILES string of the molecule is C[C@@H](OC(=O)CSc1ccc([N+](=O)[O-])cc1)C(=O)Nc1ccc(C#N)cc1. The van der Waals surface area contributed by atoms with Crippen LogP contribution in [-0.2, 0) is 14.3 Å². The van der Waals surface area contributed by atoms with Crippen molar-refractivity contribution in [1.29, 1.82) is 5.26 Å². The van der Waals surface area contributed by atoms with Crippen LogP contribution in [0, 0.1) is 21.4 Å². The van der Waals surface area contributed by atoms with Gasteiger partial charge >= 0.3 is 5.97 Å². The maximum Gasteiger partial charge on any atom is 0.317 e. The summed E-state index contributed by atoms with van der Waals surface area (Å²) < 4.78 is 5.08. The number of nitro benzene ring substituents is 1. The average Bonchev–Trinajstić information content (AvgIpc) is 2.67. The summed E-state index contributed by atoms with van der Waals surface area (Å²) in [6, 6.07) is 14.0. The molecular weight excluding hydrogens is 370 g/mol. The summed E-state index contributed by atoms with van der Waals surface area (Å²) in [5, 5.41) is 21.9. The van der Waals surface area contributed by atoms with Gasteiger partial charge in [-0.2, -0.15) is 5.26 Å². The summed E-state index contributed by atoms with van der Waals surface area (Å²) in [5.74, 6) is -1.11. The van der Waals surface area contributed by atoms with E-state index in [1.165, 1.54) is 31.2 Å². The van der Waals surface area contributed by atoms with Crippen molar-refractivity contribution in [3.63, 3.8) is 0 Å². The van der Waals surface area contributed by atoms with Crippen molar-refractivity contribution >= 4 is 35.0 Å². The molecule has 9 heteroatoms. The van der Waals surface area contributed by atoms with E-state index >= 15 is 0 Å². The molecule has 2 aromatic rings. The van der Waals surface area contributed by atoms with E-state index in [-0.39, 0.29) is 11.4 Å². The van der Waals surface area contributed by atoms with Crippen LogP contribution in [0.15, 0.2) is 53.4 Å². The van der Waals surface area contributed by atoms with Gasteiger partial charge in [0.15, 0.2) is 6.10 Å². The van der Waals surface area contributed by atoms with Crippen molar-refractivity contribution in [3.8, 4) is 6.07 Å². The highest BCUT2D eigenvalue weighted by molar-refractivity contribution is 8.00. The maximum absolute atomic E-state index is 12.1. The molecule has 0 saturated heterocycles. The van der Waals surface area contributed by atoms with Crippen LogP contribution in [0.1, 0.15) is 12.5 Å². The summed E-state index contributed by atoms with van der Waals surface area (Å²) >= 11 is 1.15. The van der Waals surface area contributed by atoms with Crippen LogP contribution in [0.4, 0.5) is 11.4 Å². The molecule has 27 heavy (non-hydrogen) atoms. The number of benzene rings is 2. The molecule has 0 aliphatic carbocycles. The quantitative estimate of drug-likeness (QED) is 0.336. The van der Waals surface area contributed by atoms with Crippen LogP contribution in [-0.4, -0.2) is 28.7 Å². The van der Waals surface area contributed by atoms with Crippen LogP contribution in [0.5, 0.6) is 0 Å². The number of rotatable bonds is 7. The molecule has 0 heterocycles. The predicted molar refractivity (Wildman–Crippen MR) is 99.2 cm³/mol. The first-order valence-corrected chi connectivity index (χ1v) is 8.75. The van der Waals surface area contributed by atoms with Crippen LogP contribution in [0.3, 0.4) is 0 Å². The Hall–Kier alpha value is -3.38. The van der Waals surface area contributed by atoms with E-state index in [2.05, 4.69) is 5.32 Å². The van der Waals surface area contributed by atoms with Crippen LogP contribution in [0.2, 0.25) is 0 Å². The van der Waals surface area contributed by atoms with E-state index < -0.39 is 22.9 Å². The number of nitriles is 1. The van der Waals surface area contributed by atoms with Crippen LogP contribution < -0.4 is 5.32 Å². The molecule has 1 atom stereocenters. The van der Waals surface area contributed by atoms with E-state index in [9.17, 15) is 19.7 Å². The van der Waals surface area contributed by atoms with Gasteiger partial charge in [0, 0.05) is 22.7 Å². The molecule has 0 fully saturated rings. The topological polar surface area (TPSA) is 122 Å². The molecule has 8 nitrogen and oxygen atoms in total. The van der Waals surface area contributed by atoms with Crippen LogP contribution >= 0.6 is 11.8 Å². The van der Waals surface area contributed by atoms with Gasteiger partial charge in [-0.3, -0.25) is 19.7 Å². The van der Waals surface area contributed by atoms with Crippen LogP contribution in [0.25, 0.3) is 0 Å². The third kappa shape index (κ3) is 6.13. The molecule has 0 bridgehead atoms. The normalized spacial score (nSPS) is 11.1. The summed E-state index contributed by atoms with van der Waals surface area (Å²) in [7, 11) is 0. The fourth-order valence-corrected chi connectivity index (χ4v) is 2.64. The minimum Gasteiger partial charge on any atom is -0.452 e. The van der Waals surface area contributed by atoms with Gasteiger partial charge < -0.3 is 10.1 Å². The number of nitrogens with zero attached hydrogens (tertiary/aromatic N) is 2. The molecule has 138 valence electrons. The Balaban J connectivity index is 1.80. The Kier molecular flexibility index (Phi) is 6.91. The average molecular weight is 385 g/mol. The number of hydrogen-bond donors (Lipinski definition) is 1. The molecule has 2 aromatic carbocycles. The number of ether oxygens (including phenoxy) is 1. The second-order valence-electron chi connectivity index (χ2n) is 5.35. The summed E-state index contributed by atoms with van der Waals surface area (Å²) in [5.41, 5.74) is 0.924. The molecular formula is C18H15N3O5S. The minimum atomic E-state index is -0.995. The van der Waals surface area contributed by atoms with Crippen molar-refractivity contribution < 1.29 is 19.2 Å². The zero-order valence-corrected chi connectivity index (χ0v) is 15.1. The number of nitro groups is 1. The Morgan fingerprint density at radius 3 is 2.41 bits per heavy atom. The third-order valence-corrected chi connectivity index (χ3v) is 4.35. The zero-order chi connectivity index (χ0) is 19.8. The molecule has 0 spiro atoms. The number of carbonyl (C=O) groups excluding carboxylic acids is 2. The number of non-ortho nitro benzene ring substituents is 1. The summed E-state index contributed by atoms with van der Waals surface area (Å²) in [6.45, 7) is 1.45. The molecule has 1 amide bonds. The number of amides is 1. The predicted octanol–water partition coefficient (Wildman–Crippen LogP) is 3.13. The summed E-state index contributed by atoms with van der Waals surface area (Å²) in [6.07, 6.45) is -0.995. The standard InChI is InChI=1S/C18H15N3O5S/c1-12(18(23)20-14-4-2-13(10-19)3-5-14)26-17(22)11-27-16-8-6-15(7-9-16)21(24)25/h2-9,12H,11H2,1H3,(H,20,23)/t12-/m1/s1. The number of anilines is 1. The first-order chi connectivity index (χ1) is 12.9. The van der Waals surface area contributed by atoms with Gasteiger partial charge in [-0.05, 0) is 43.3 Å². The van der Waals surface area contributed by atoms with Gasteiger partial charge in [-0.1, -0.05) is 0 Å². The van der Waals surface area contributed by atoms with Gasteiger partial charge in [0.05, 0.1) is 22.3 Å². The lowest BCUT2D eigenvalue weighted by atomic mass is 10.2. The highest BCUT2D eigenvalue weighted by Gasteiger charge is 2.18. The molecule has 0 saturated carbocycles. The number of thioether (sulfide) groups is 1. The van der Waals surface area contributed by atoms with Crippen molar-refractivity contribution in [2.75, 3.05) is 11.1 Å². The van der Waals surface area contributed by atoms with E-state index in [1.54, 1.807) is 24.3 Å². The smallest absolute Gasteiger partial charge is 0.317 e. The number of carbonyl (C=O) groups is 2. The fourth-order valence-electron chi connectivity index (χ4n) is 1.96. The molecule has 2 rings (SSSR count). The van der Waals surface area contributed by atoms with E-state index in [0.717, 1.165) is 11.8 Å². The highest BCUT2D eigenvalue weighted by Crippen LogP contribution is 2.21. The maximum atomic E-state index is 12.1.